The summed E-state index contributed by atoms with van der Waals surface area (Å²) in [5.74, 6) is 0.0951. The molecule has 2 rings (SSSR count). The van der Waals surface area contributed by atoms with Crippen molar-refractivity contribution >= 4 is 10.9 Å². The average Bonchev–Trinajstić information content (AvgIpc) is 2.18. The van der Waals surface area contributed by atoms with Crippen LogP contribution >= 0.6 is 0 Å². The molecule has 0 bridgehead atoms. The number of hydrogen-bond donors (Lipinski definition) is 0. The molecule has 0 N–H and O–H groups in total. The van der Waals surface area contributed by atoms with E-state index in [0.29, 0.717) is 16.7 Å². The van der Waals surface area contributed by atoms with Gasteiger partial charge in [0.2, 0.25) is 0 Å². The van der Waals surface area contributed by atoms with E-state index in [2.05, 4.69) is 9.97 Å². The van der Waals surface area contributed by atoms with Crippen LogP contribution in [-0.2, 0) is 0 Å². The smallest absolute Gasteiger partial charge is 0.148 e. The molecule has 0 fully saturated rings. The maximum Gasteiger partial charge on any atom is 0.148 e. The minimum Gasteiger partial charge on any atom is -0.494 e. The summed E-state index contributed by atoms with van der Waals surface area (Å²) in [4.78, 5) is 8.04. The van der Waals surface area contributed by atoms with Crippen molar-refractivity contribution in [3.63, 3.8) is 0 Å². The Bertz CT molecular complexity index is 485. The zero-order chi connectivity index (χ0) is 10.1. The van der Waals surface area contributed by atoms with Crippen LogP contribution in [-0.4, -0.2) is 17.1 Å². The zero-order valence-electron chi connectivity index (χ0n) is 7.91. The summed E-state index contributed by atoms with van der Waals surface area (Å²) in [5, 5.41) is 0.685. The summed E-state index contributed by atoms with van der Waals surface area (Å²) in [6.45, 7) is 1.81. The van der Waals surface area contributed by atoms with E-state index < -0.39 is 0 Å². The number of halogens is 1. The lowest BCUT2D eigenvalue weighted by Gasteiger charge is -2.05. The molecule has 4 heteroatoms. The van der Waals surface area contributed by atoms with Gasteiger partial charge in [-0.25, -0.2) is 14.4 Å². The highest BCUT2D eigenvalue weighted by atomic mass is 19.1. The van der Waals surface area contributed by atoms with Crippen molar-refractivity contribution in [2.24, 2.45) is 0 Å². The van der Waals surface area contributed by atoms with Crippen LogP contribution in [0.15, 0.2) is 18.5 Å². The maximum atomic E-state index is 13.1. The Morgan fingerprint density at radius 3 is 2.79 bits per heavy atom. The number of rotatable bonds is 1. The molecule has 0 aliphatic rings. The minimum absolute atomic E-state index is 0.341. The average molecular weight is 192 g/mol. The molecule has 0 unspecified atom stereocenters. The number of methoxy groups -OCH3 is 1. The first-order chi connectivity index (χ1) is 6.72. The second-order valence-corrected chi connectivity index (χ2v) is 2.96. The Morgan fingerprint density at radius 2 is 2.07 bits per heavy atom. The molecular weight excluding hydrogens is 183 g/mol. The monoisotopic (exact) mass is 192 g/mol. The molecule has 14 heavy (non-hydrogen) atoms. The van der Waals surface area contributed by atoms with Gasteiger partial charge >= 0.3 is 0 Å². The van der Waals surface area contributed by atoms with E-state index in [1.54, 1.807) is 0 Å². The third kappa shape index (κ3) is 1.28. The normalized spacial score (nSPS) is 10.5. The van der Waals surface area contributed by atoms with Crippen LogP contribution in [0.25, 0.3) is 10.9 Å². The minimum atomic E-state index is -0.341. The lowest BCUT2D eigenvalue weighted by Crippen LogP contribution is -1.93. The maximum absolute atomic E-state index is 13.1. The first kappa shape index (κ1) is 8.87. The van der Waals surface area contributed by atoms with Crippen molar-refractivity contribution in [1.29, 1.82) is 0 Å². The lowest BCUT2D eigenvalue weighted by atomic mass is 10.2. The van der Waals surface area contributed by atoms with E-state index in [4.69, 9.17) is 4.74 Å². The van der Waals surface area contributed by atoms with Gasteiger partial charge in [-0.15, -0.1) is 0 Å². The fourth-order valence-corrected chi connectivity index (χ4v) is 1.38. The Kier molecular flexibility index (Phi) is 2.04. The van der Waals surface area contributed by atoms with Gasteiger partial charge in [0.15, 0.2) is 0 Å². The molecule has 0 spiro atoms. The number of hydrogen-bond acceptors (Lipinski definition) is 3. The standard InChI is InChI=1S/C10H9FN2O/c1-6-8-3-7(11)4-9(14-2)10(8)13-5-12-6/h3-5H,1-2H3. The Balaban J connectivity index is 2.87. The van der Waals surface area contributed by atoms with Crippen molar-refractivity contribution in [3.8, 4) is 5.75 Å². The number of nitrogens with zero attached hydrogens (tertiary/aromatic N) is 2. The molecule has 0 aliphatic heterocycles. The summed E-state index contributed by atoms with van der Waals surface area (Å²) in [7, 11) is 1.49. The fourth-order valence-electron chi connectivity index (χ4n) is 1.38. The topological polar surface area (TPSA) is 35.0 Å². The number of aromatic nitrogens is 2. The van der Waals surface area contributed by atoms with Crippen LogP contribution in [0.3, 0.4) is 0 Å². The first-order valence-corrected chi connectivity index (χ1v) is 4.17. The number of aryl methyl sites for hydroxylation is 1. The van der Waals surface area contributed by atoms with E-state index in [-0.39, 0.29) is 5.82 Å². The van der Waals surface area contributed by atoms with Crippen molar-refractivity contribution < 1.29 is 9.13 Å². The largest absolute Gasteiger partial charge is 0.494 e. The molecule has 1 heterocycles. The second kappa shape index (κ2) is 3.21. The molecule has 0 amide bonds. The summed E-state index contributed by atoms with van der Waals surface area (Å²) >= 11 is 0. The molecule has 0 aliphatic carbocycles. The van der Waals surface area contributed by atoms with Crippen molar-refractivity contribution in [1.82, 2.24) is 9.97 Å². The molecule has 72 valence electrons. The highest BCUT2D eigenvalue weighted by Gasteiger charge is 2.07. The first-order valence-electron chi connectivity index (χ1n) is 4.17. The third-order valence-corrected chi connectivity index (χ3v) is 2.09. The Hall–Kier alpha value is -1.71. The van der Waals surface area contributed by atoms with Crippen LogP contribution < -0.4 is 4.74 Å². The van der Waals surface area contributed by atoms with Gasteiger partial charge in [0.05, 0.1) is 7.11 Å². The quantitative estimate of drug-likeness (QED) is 0.693. The predicted octanol–water partition coefficient (Wildman–Crippen LogP) is 2.09. The summed E-state index contributed by atoms with van der Waals surface area (Å²) in [6, 6.07) is 2.72. The van der Waals surface area contributed by atoms with Crippen LogP contribution in [0, 0.1) is 12.7 Å². The van der Waals surface area contributed by atoms with Gasteiger partial charge in [0, 0.05) is 17.1 Å². The summed E-state index contributed by atoms with van der Waals surface area (Å²) < 4.78 is 18.2. The highest BCUT2D eigenvalue weighted by Crippen LogP contribution is 2.25. The SMILES string of the molecule is COc1cc(F)cc2c(C)ncnc12. The van der Waals surface area contributed by atoms with Crippen molar-refractivity contribution in [3.05, 3.63) is 30.0 Å². The zero-order valence-corrected chi connectivity index (χ0v) is 7.91. The Morgan fingerprint density at radius 1 is 1.29 bits per heavy atom. The van der Waals surface area contributed by atoms with Crippen LogP contribution in [0.2, 0.25) is 0 Å². The highest BCUT2D eigenvalue weighted by molar-refractivity contribution is 5.86. The van der Waals surface area contributed by atoms with Crippen LogP contribution in [0.4, 0.5) is 4.39 Å². The van der Waals surface area contributed by atoms with Gasteiger partial charge < -0.3 is 4.74 Å². The van der Waals surface area contributed by atoms with Gasteiger partial charge in [0.25, 0.3) is 0 Å². The number of benzene rings is 1. The summed E-state index contributed by atoms with van der Waals surface area (Å²) in [5.41, 5.74) is 1.38. The molecular formula is C10H9FN2O. The molecule has 1 aromatic heterocycles. The van der Waals surface area contributed by atoms with Gasteiger partial charge in [-0.2, -0.15) is 0 Å². The van der Waals surface area contributed by atoms with Crippen molar-refractivity contribution in [2.45, 2.75) is 6.92 Å². The molecule has 0 radical (unpaired) electrons. The molecule has 2 aromatic rings. The summed E-state index contributed by atoms with van der Waals surface area (Å²) in [6.07, 6.45) is 1.44. The van der Waals surface area contributed by atoms with Gasteiger partial charge in [-0.3, -0.25) is 0 Å². The van der Waals surface area contributed by atoms with Gasteiger partial charge in [0.1, 0.15) is 23.4 Å². The number of ether oxygens (including phenoxy) is 1. The van der Waals surface area contributed by atoms with E-state index in [1.165, 1.54) is 25.6 Å². The molecule has 0 saturated carbocycles. The van der Waals surface area contributed by atoms with E-state index in [0.717, 1.165) is 5.69 Å². The molecule has 3 nitrogen and oxygen atoms in total. The lowest BCUT2D eigenvalue weighted by molar-refractivity contribution is 0.415. The van der Waals surface area contributed by atoms with Crippen LogP contribution in [0.1, 0.15) is 5.69 Å². The predicted molar refractivity (Wildman–Crippen MR) is 50.8 cm³/mol. The second-order valence-electron chi connectivity index (χ2n) is 2.96. The van der Waals surface area contributed by atoms with Crippen molar-refractivity contribution in [2.75, 3.05) is 7.11 Å². The van der Waals surface area contributed by atoms with E-state index in [9.17, 15) is 4.39 Å². The number of fused-ring (bicyclic) bond motifs is 1. The molecule has 0 saturated heterocycles. The Labute approximate surface area is 80.6 Å². The fraction of sp³-hybridized carbons (Fsp3) is 0.200. The van der Waals surface area contributed by atoms with Crippen LogP contribution in [0.5, 0.6) is 5.75 Å². The third-order valence-electron chi connectivity index (χ3n) is 2.09. The van der Waals surface area contributed by atoms with Gasteiger partial charge in [-0.1, -0.05) is 0 Å². The molecule has 1 aromatic carbocycles. The van der Waals surface area contributed by atoms with E-state index in [1.807, 2.05) is 6.92 Å². The molecule has 0 atom stereocenters. The van der Waals surface area contributed by atoms with E-state index >= 15 is 0 Å². The van der Waals surface area contributed by atoms with Gasteiger partial charge in [-0.05, 0) is 13.0 Å².